The molecule has 41 heavy (non-hydrogen) atoms. The van der Waals surface area contributed by atoms with Gasteiger partial charge in [0.05, 0.1) is 29.2 Å². The smallest absolute Gasteiger partial charge is 0.291 e. The fourth-order valence-corrected chi connectivity index (χ4v) is 7.02. The van der Waals surface area contributed by atoms with Gasteiger partial charge in [-0.2, -0.15) is 10.2 Å². The van der Waals surface area contributed by atoms with Gasteiger partial charge in [0.1, 0.15) is 22.9 Å². The maximum atomic E-state index is 13.7. The Balaban J connectivity index is 1.30. The van der Waals surface area contributed by atoms with Crippen LogP contribution in [0, 0.1) is 0 Å². The molecule has 0 aliphatic carbocycles. The van der Waals surface area contributed by atoms with E-state index in [1.54, 1.807) is 13.1 Å². The molecule has 2 aromatic carbocycles. The van der Waals surface area contributed by atoms with Crippen LogP contribution in [0.25, 0.3) is 32.2 Å². The van der Waals surface area contributed by atoms with E-state index in [1.807, 2.05) is 71.0 Å². The number of benzene rings is 2. The van der Waals surface area contributed by atoms with Crippen molar-refractivity contribution in [2.45, 2.75) is 51.5 Å². The SMILES string of the molecule is Cn1c2nc(C(C)(O)c3ccccc3)sc2c2cnn(Cc3cccc4c3cnn4COCC[Si](C)(C)C)c(=O)c21. The van der Waals surface area contributed by atoms with E-state index in [1.165, 1.54) is 16.0 Å². The number of aromatic nitrogens is 6. The van der Waals surface area contributed by atoms with E-state index in [4.69, 9.17) is 9.72 Å². The summed E-state index contributed by atoms with van der Waals surface area (Å²) < 4.78 is 11.9. The number of nitrogens with zero attached hydrogens (tertiary/aromatic N) is 6. The second kappa shape index (κ2) is 10.3. The van der Waals surface area contributed by atoms with E-state index in [9.17, 15) is 9.90 Å². The first-order valence-corrected chi connectivity index (χ1v) is 18.2. The average Bonchev–Trinajstić information content (AvgIpc) is 3.63. The first-order valence-electron chi connectivity index (χ1n) is 13.7. The van der Waals surface area contributed by atoms with Crippen molar-refractivity contribution < 1.29 is 9.84 Å². The number of hydrogen-bond acceptors (Lipinski definition) is 7. The van der Waals surface area contributed by atoms with Crippen molar-refractivity contribution in [3.05, 3.63) is 87.4 Å². The van der Waals surface area contributed by atoms with Crippen LogP contribution in [0.5, 0.6) is 0 Å². The molecule has 6 aromatic rings. The summed E-state index contributed by atoms with van der Waals surface area (Å²) in [5.74, 6) is 0. The van der Waals surface area contributed by atoms with Gasteiger partial charge >= 0.3 is 0 Å². The predicted octanol–water partition coefficient (Wildman–Crippen LogP) is 5.31. The summed E-state index contributed by atoms with van der Waals surface area (Å²) in [7, 11) is 0.681. The molecule has 0 saturated carbocycles. The fourth-order valence-electron chi connectivity index (χ4n) is 5.09. The lowest BCUT2D eigenvalue weighted by Gasteiger charge is -2.20. The van der Waals surface area contributed by atoms with Gasteiger partial charge in [-0.25, -0.2) is 14.3 Å². The van der Waals surface area contributed by atoms with Crippen molar-refractivity contribution >= 4 is 51.6 Å². The Hall–Kier alpha value is -3.64. The van der Waals surface area contributed by atoms with Gasteiger partial charge in [-0.3, -0.25) is 4.79 Å². The van der Waals surface area contributed by atoms with Crippen molar-refractivity contribution in [1.29, 1.82) is 0 Å². The maximum absolute atomic E-state index is 13.7. The van der Waals surface area contributed by atoms with Crippen LogP contribution < -0.4 is 5.56 Å². The van der Waals surface area contributed by atoms with Gasteiger partial charge in [0.2, 0.25) is 0 Å². The summed E-state index contributed by atoms with van der Waals surface area (Å²) >= 11 is 1.39. The van der Waals surface area contributed by atoms with E-state index < -0.39 is 13.7 Å². The molecule has 0 aliphatic heterocycles. The molecule has 0 aliphatic rings. The highest BCUT2D eigenvalue weighted by Gasteiger charge is 2.31. The summed E-state index contributed by atoms with van der Waals surface area (Å²) in [5, 5.41) is 22.7. The fraction of sp³-hybridized carbons (Fsp3) is 0.333. The first-order chi connectivity index (χ1) is 19.5. The van der Waals surface area contributed by atoms with Crippen molar-refractivity contribution in [1.82, 2.24) is 29.1 Å². The molecule has 0 saturated heterocycles. The minimum Gasteiger partial charge on any atom is -0.378 e. The summed E-state index contributed by atoms with van der Waals surface area (Å²) in [5.41, 5.74) is 2.45. The number of rotatable bonds is 9. The lowest BCUT2D eigenvalue weighted by Crippen LogP contribution is -2.25. The van der Waals surface area contributed by atoms with Gasteiger partial charge in [0.25, 0.3) is 5.56 Å². The quantitative estimate of drug-likeness (QED) is 0.182. The van der Waals surface area contributed by atoms with E-state index >= 15 is 0 Å². The first kappa shape index (κ1) is 27.5. The molecule has 9 nitrogen and oxygen atoms in total. The van der Waals surface area contributed by atoms with Crippen molar-refractivity contribution in [3.63, 3.8) is 0 Å². The molecule has 212 valence electrons. The molecule has 1 atom stereocenters. The van der Waals surface area contributed by atoms with E-state index in [0.717, 1.165) is 44.8 Å². The highest BCUT2D eigenvalue weighted by molar-refractivity contribution is 7.19. The minimum atomic E-state index is -1.25. The van der Waals surface area contributed by atoms with Crippen molar-refractivity contribution in [2.75, 3.05) is 6.61 Å². The third kappa shape index (κ3) is 5.03. The Morgan fingerprint density at radius 3 is 2.49 bits per heavy atom. The van der Waals surface area contributed by atoms with Crippen LogP contribution in [0.3, 0.4) is 0 Å². The molecule has 1 unspecified atom stereocenters. The van der Waals surface area contributed by atoms with Gasteiger partial charge in [0.15, 0.2) is 5.65 Å². The molecule has 0 amide bonds. The molecule has 0 spiro atoms. The van der Waals surface area contributed by atoms with E-state index in [0.29, 0.717) is 29.4 Å². The molecule has 4 aromatic heterocycles. The normalized spacial score (nSPS) is 13.9. The van der Waals surface area contributed by atoms with Gasteiger partial charge < -0.3 is 14.4 Å². The van der Waals surface area contributed by atoms with Gasteiger partial charge in [-0.15, -0.1) is 11.3 Å². The van der Waals surface area contributed by atoms with Crippen LogP contribution in [0.15, 0.2) is 65.7 Å². The third-order valence-electron chi connectivity index (χ3n) is 7.59. The highest BCUT2D eigenvalue weighted by Crippen LogP contribution is 2.38. The van der Waals surface area contributed by atoms with Crippen LogP contribution in [0.2, 0.25) is 25.7 Å². The van der Waals surface area contributed by atoms with Crippen LogP contribution in [0.4, 0.5) is 0 Å². The number of thiazole rings is 1. The summed E-state index contributed by atoms with van der Waals surface area (Å²) in [6, 6.07) is 16.6. The zero-order chi connectivity index (χ0) is 28.9. The Labute approximate surface area is 242 Å². The molecule has 0 radical (unpaired) electrons. The minimum absolute atomic E-state index is 0.189. The zero-order valence-corrected chi connectivity index (χ0v) is 25.8. The lowest BCUT2D eigenvalue weighted by molar-refractivity contribution is 0.0817. The Morgan fingerprint density at radius 1 is 1.00 bits per heavy atom. The second-order valence-corrected chi connectivity index (χ2v) is 18.5. The van der Waals surface area contributed by atoms with Crippen LogP contribution >= 0.6 is 11.3 Å². The summed E-state index contributed by atoms with van der Waals surface area (Å²) in [6.45, 7) is 10.2. The largest absolute Gasteiger partial charge is 0.378 e. The van der Waals surface area contributed by atoms with E-state index in [-0.39, 0.29) is 5.56 Å². The molecule has 0 fully saturated rings. The molecule has 1 N–H and O–H groups in total. The average molecular weight is 587 g/mol. The molecular weight excluding hydrogens is 553 g/mol. The predicted molar refractivity (Wildman–Crippen MR) is 166 cm³/mol. The summed E-state index contributed by atoms with van der Waals surface area (Å²) in [6.07, 6.45) is 3.56. The molecular formula is C30H34N6O3SSi. The molecule has 4 heterocycles. The van der Waals surface area contributed by atoms with Crippen LogP contribution in [-0.4, -0.2) is 48.9 Å². The second-order valence-electron chi connectivity index (χ2n) is 11.9. The van der Waals surface area contributed by atoms with Crippen LogP contribution in [0.1, 0.15) is 23.1 Å². The lowest BCUT2D eigenvalue weighted by atomic mass is 9.97. The highest BCUT2D eigenvalue weighted by atomic mass is 32.1. The Morgan fingerprint density at radius 2 is 1.73 bits per heavy atom. The van der Waals surface area contributed by atoms with Gasteiger partial charge in [-0.05, 0) is 30.2 Å². The molecule has 11 heteroatoms. The number of aliphatic hydroxyl groups is 1. The van der Waals surface area contributed by atoms with Crippen LogP contribution in [-0.2, 0) is 30.7 Å². The Kier molecular flexibility index (Phi) is 6.93. The Bertz CT molecular complexity index is 1930. The maximum Gasteiger partial charge on any atom is 0.291 e. The number of ether oxygens (including phenoxy) is 1. The number of aryl methyl sites for hydroxylation is 1. The number of hydrogen-bond donors (Lipinski definition) is 1. The molecule has 0 bridgehead atoms. The van der Waals surface area contributed by atoms with Crippen molar-refractivity contribution in [2.24, 2.45) is 7.05 Å². The van der Waals surface area contributed by atoms with E-state index in [2.05, 4.69) is 29.8 Å². The topological polar surface area (TPSA) is 100.0 Å². The summed E-state index contributed by atoms with van der Waals surface area (Å²) in [4.78, 5) is 18.5. The monoisotopic (exact) mass is 586 g/mol. The van der Waals surface area contributed by atoms with Gasteiger partial charge in [-0.1, -0.05) is 62.1 Å². The molecule has 6 rings (SSSR count). The number of fused-ring (bicyclic) bond motifs is 4. The standard InChI is InChI=1S/C30H34N6O3SSi/c1-30(38,21-11-7-6-8-12-21)29-33-27-26(40-29)23-17-31-35(28(37)25(23)34(27)2)18-20-10-9-13-24-22(20)16-32-36(24)19-39-14-15-41(3,4)5/h6-13,16-17,38H,14-15,18-19H2,1-5H3. The van der Waals surface area contributed by atoms with Crippen molar-refractivity contribution in [3.8, 4) is 0 Å². The third-order valence-corrected chi connectivity index (χ3v) is 10.6. The zero-order valence-electron chi connectivity index (χ0n) is 24.0. The van der Waals surface area contributed by atoms with Gasteiger partial charge in [0, 0.05) is 32.5 Å².